The summed E-state index contributed by atoms with van der Waals surface area (Å²) in [6.07, 6.45) is 2.41. The molecule has 2 atom stereocenters. The van der Waals surface area contributed by atoms with Gasteiger partial charge in [0.15, 0.2) is 0 Å². The van der Waals surface area contributed by atoms with E-state index in [1.54, 1.807) is 0 Å². The third-order valence-electron chi connectivity index (χ3n) is 3.13. The van der Waals surface area contributed by atoms with E-state index in [1.807, 2.05) is 0 Å². The van der Waals surface area contributed by atoms with Gasteiger partial charge in [0.2, 0.25) is 5.82 Å². The van der Waals surface area contributed by atoms with E-state index < -0.39 is 0 Å². The van der Waals surface area contributed by atoms with E-state index in [0.29, 0.717) is 11.9 Å². The molecule has 1 aromatic heterocycles. The van der Waals surface area contributed by atoms with Gasteiger partial charge in [0.25, 0.3) is 0 Å². The van der Waals surface area contributed by atoms with Crippen molar-refractivity contribution in [3.8, 4) is 0 Å². The molecule has 2 fully saturated rings. The standard InChI is InChI=1S/C9H14N4O2/c10-9-11-8(12-15-9)7-4-13-3-1-2-6(13)5-14-7/h6-7H,1-5H2,(H2,10,11,12). The van der Waals surface area contributed by atoms with Crippen LogP contribution in [0.3, 0.4) is 0 Å². The number of ether oxygens (including phenoxy) is 1. The molecule has 2 N–H and O–H groups in total. The molecule has 2 unspecified atom stereocenters. The topological polar surface area (TPSA) is 77.4 Å². The molecule has 3 heterocycles. The molecule has 0 aromatic carbocycles. The van der Waals surface area contributed by atoms with Crippen LogP contribution in [0.15, 0.2) is 4.52 Å². The van der Waals surface area contributed by atoms with E-state index in [2.05, 4.69) is 15.0 Å². The first kappa shape index (κ1) is 9.11. The van der Waals surface area contributed by atoms with Crippen molar-refractivity contribution >= 4 is 6.01 Å². The minimum Gasteiger partial charge on any atom is -0.367 e. The average Bonchev–Trinajstić information content (AvgIpc) is 2.84. The molecule has 0 radical (unpaired) electrons. The van der Waals surface area contributed by atoms with Gasteiger partial charge in [-0.2, -0.15) is 4.98 Å². The first-order valence-corrected chi connectivity index (χ1v) is 5.27. The molecule has 0 spiro atoms. The molecular weight excluding hydrogens is 196 g/mol. The number of fused-ring (bicyclic) bond motifs is 1. The highest BCUT2D eigenvalue weighted by Gasteiger charge is 2.34. The van der Waals surface area contributed by atoms with Crippen LogP contribution in [0.25, 0.3) is 0 Å². The molecule has 2 aliphatic rings. The van der Waals surface area contributed by atoms with Gasteiger partial charge in [-0.15, -0.1) is 0 Å². The van der Waals surface area contributed by atoms with Crippen LogP contribution in [0.2, 0.25) is 0 Å². The highest BCUT2D eigenvalue weighted by atomic mass is 16.5. The maximum absolute atomic E-state index is 5.71. The van der Waals surface area contributed by atoms with Gasteiger partial charge in [-0.25, -0.2) is 0 Å². The van der Waals surface area contributed by atoms with Crippen molar-refractivity contribution < 1.29 is 9.26 Å². The van der Waals surface area contributed by atoms with Crippen molar-refractivity contribution in [2.45, 2.75) is 25.0 Å². The number of anilines is 1. The molecule has 0 aliphatic carbocycles. The molecule has 6 heteroatoms. The fraction of sp³-hybridized carbons (Fsp3) is 0.778. The Kier molecular flexibility index (Phi) is 2.10. The van der Waals surface area contributed by atoms with Gasteiger partial charge in [-0.3, -0.25) is 4.90 Å². The van der Waals surface area contributed by atoms with E-state index in [4.69, 9.17) is 15.0 Å². The summed E-state index contributed by atoms with van der Waals surface area (Å²) in [7, 11) is 0. The quantitative estimate of drug-likeness (QED) is 0.712. The maximum Gasteiger partial charge on any atom is 0.318 e. The lowest BCUT2D eigenvalue weighted by Crippen LogP contribution is -2.42. The molecule has 0 saturated carbocycles. The zero-order valence-corrected chi connectivity index (χ0v) is 8.43. The van der Waals surface area contributed by atoms with Crippen molar-refractivity contribution in [1.82, 2.24) is 15.0 Å². The van der Waals surface area contributed by atoms with Gasteiger partial charge >= 0.3 is 6.01 Å². The Bertz CT molecular complexity index is 354. The number of morpholine rings is 1. The molecule has 15 heavy (non-hydrogen) atoms. The zero-order valence-electron chi connectivity index (χ0n) is 8.43. The van der Waals surface area contributed by atoms with Crippen molar-refractivity contribution in [3.05, 3.63) is 5.82 Å². The zero-order chi connectivity index (χ0) is 10.3. The monoisotopic (exact) mass is 210 g/mol. The highest BCUT2D eigenvalue weighted by Crippen LogP contribution is 2.28. The Labute approximate surface area is 87.4 Å². The average molecular weight is 210 g/mol. The molecule has 0 bridgehead atoms. The summed E-state index contributed by atoms with van der Waals surface area (Å²) < 4.78 is 10.5. The third-order valence-corrected chi connectivity index (χ3v) is 3.13. The number of nitrogen functional groups attached to an aromatic ring is 1. The SMILES string of the molecule is Nc1nc(C2CN3CCCC3CO2)no1. The van der Waals surface area contributed by atoms with Crippen LogP contribution < -0.4 is 5.73 Å². The second kappa shape index (κ2) is 3.46. The number of hydrogen-bond donors (Lipinski definition) is 1. The lowest BCUT2D eigenvalue weighted by atomic mass is 10.2. The number of aromatic nitrogens is 2. The van der Waals surface area contributed by atoms with Gasteiger partial charge in [-0.05, 0) is 19.4 Å². The van der Waals surface area contributed by atoms with Gasteiger partial charge in [-0.1, -0.05) is 5.16 Å². The second-order valence-electron chi connectivity index (χ2n) is 4.10. The Morgan fingerprint density at radius 2 is 2.40 bits per heavy atom. The fourth-order valence-corrected chi connectivity index (χ4v) is 2.35. The van der Waals surface area contributed by atoms with Crippen LogP contribution in [-0.2, 0) is 4.74 Å². The van der Waals surface area contributed by atoms with Crippen LogP contribution in [-0.4, -0.2) is 40.8 Å². The van der Waals surface area contributed by atoms with Gasteiger partial charge < -0.3 is 15.0 Å². The molecule has 3 rings (SSSR count). The van der Waals surface area contributed by atoms with E-state index in [0.717, 1.165) is 19.7 Å². The fourth-order valence-electron chi connectivity index (χ4n) is 2.35. The number of hydrogen-bond acceptors (Lipinski definition) is 6. The minimum absolute atomic E-state index is 0.0830. The van der Waals surface area contributed by atoms with Crippen molar-refractivity contribution in [3.63, 3.8) is 0 Å². The lowest BCUT2D eigenvalue weighted by molar-refractivity contribution is -0.0548. The van der Waals surface area contributed by atoms with E-state index in [-0.39, 0.29) is 12.1 Å². The molecule has 6 nitrogen and oxygen atoms in total. The molecule has 2 saturated heterocycles. The largest absolute Gasteiger partial charge is 0.367 e. The van der Waals surface area contributed by atoms with Gasteiger partial charge in [0, 0.05) is 12.6 Å². The number of nitrogens with two attached hydrogens (primary N) is 1. The van der Waals surface area contributed by atoms with Crippen LogP contribution in [0.5, 0.6) is 0 Å². The molecule has 82 valence electrons. The smallest absolute Gasteiger partial charge is 0.318 e. The molecular formula is C9H14N4O2. The Morgan fingerprint density at radius 1 is 1.47 bits per heavy atom. The van der Waals surface area contributed by atoms with Crippen LogP contribution in [0, 0.1) is 0 Å². The summed E-state index contributed by atoms with van der Waals surface area (Å²) in [4.78, 5) is 6.43. The minimum atomic E-state index is -0.0830. The van der Waals surface area contributed by atoms with Crippen LogP contribution >= 0.6 is 0 Å². The number of nitrogens with zero attached hydrogens (tertiary/aromatic N) is 3. The third kappa shape index (κ3) is 1.59. The first-order valence-electron chi connectivity index (χ1n) is 5.27. The van der Waals surface area contributed by atoms with Gasteiger partial charge in [0.05, 0.1) is 6.61 Å². The summed E-state index contributed by atoms with van der Waals surface area (Å²) in [6.45, 7) is 2.76. The predicted octanol–water partition coefficient (Wildman–Crippen LogP) is 0.187. The van der Waals surface area contributed by atoms with E-state index >= 15 is 0 Å². The number of rotatable bonds is 1. The summed E-state index contributed by atoms with van der Waals surface area (Å²) in [5.41, 5.74) is 5.38. The van der Waals surface area contributed by atoms with Crippen molar-refractivity contribution in [2.75, 3.05) is 25.4 Å². The lowest BCUT2D eigenvalue weighted by Gasteiger charge is -2.33. The molecule has 1 aromatic rings. The summed E-state index contributed by atoms with van der Waals surface area (Å²) in [5, 5.41) is 3.79. The van der Waals surface area contributed by atoms with Crippen LogP contribution in [0.1, 0.15) is 24.8 Å². The summed E-state index contributed by atoms with van der Waals surface area (Å²) in [5.74, 6) is 0.567. The maximum atomic E-state index is 5.71. The highest BCUT2D eigenvalue weighted by molar-refractivity contribution is 5.09. The Balaban J connectivity index is 1.73. The molecule has 2 aliphatic heterocycles. The molecule has 0 amide bonds. The van der Waals surface area contributed by atoms with Crippen LogP contribution in [0.4, 0.5) is 6.01 Å². The Hall–Kier alpha value is -1.14. The summed E-state index contributed by atoms with van der Waals surface area (Å²) in [6, 6.07) is 0.697. The summed E-state index contributed by atoms with van der Waals surface area (Å²) >= 11 is 0. The van der Waals surface area contributed by atoms with E-state index in [1.165, 1.54) is 12.8 Å². The van der Waals surface area contributed by atoms with E-state index in [9.17, 15) is 0 Å². The normalized spacial score (nSPS) is 31.7. The Morgan fingerprint density at radius 3 is 3.20 bits per heavy atom. The van der Waals surface area contributed by atoms with Crippen molar-refractivity contribution in [2.24, 2.45) is 0 Å². The predicted molar refractivity (Wildman–Crippen MR) is 52.0 cm³/mol. The second-order valence-corrected chi connectivity index (χ2v) is 4.10. The van der Waals surface area contributed by atoms with Crippen molar-refractivity contribution in [1.29, 1.82) is 0 Å². The first-order chi connectivity index (χ1) is 7.33. The van der Waals surface area contributed by atoms with Gasteiger partial charge in [0.1, 0.15) is 6.10 Å².